The Balaban J connectivity index is 1.94. The van der Waals surface area contributed by atoms with Gasteiger partial charge in [-0.05, 0) is 36.4 Å². The highest BCUT2D eigenvalue weighted by Crippen LogP contribution is 2.38. The van der Waals surface area contributed by atoms with Gasteiger partial charge >= 0.3 is 5.97 Å². The van der Waals surface area contributed by atoms with Crippen LogP contribution in [0.15, 0.2) is 45.6 Å². The van der Waals surface area contributed by atoms with Crippen LogP contribution in [0.1, 0.15) is 10.4 Å². The Kier molecular flexibility index (Phi) is 2.96. The van der Waals surface area contributed by atoms with Gasteiger partial charge in [0.2, 0.25) is 18.0 Å². The first kappa shape index (κ1) is 14.1. The Morgan fingerprint density at radius 2 is 1.83 bits per heavy atom. The van der Waals surface area contributed by atoms with Gasteiger partial charge in [-0.2, -0.15) is 0 Å². The number of aromatic hydroxyl groups is 1. The summed E-state index contributed by atoms with van der Waals surface area (Å²) < 4.78 is 16.1. The molecule has 1 aliphatic rings. The molecule has 0 amide bonds. The lowest BCUT2D eigenvalue weighted by Crippen LogP contribution is -2.05. The predicted molar refractivity (Wildman–Crippen MR) is 82.7 cm³/mol. The molecule has 2 N–H and O–H groups in total. The number of aromatic carboxylic acids is 1. The van der Waals surface area contributed by atoms with Gasteiger partial charge in [-0.25, -0.2) is 4.79 Å². The third kappa shape index (κ3) is 2.06. The fraction of sp³-hybridized carbons (Fsp3) is 0.0588. The van der Waals surface area contributed by atoms with E-state index in [1.807, 2.05) is 0 Å². The van der Waals surface area contributed by atoms with Crippen molar-refractivity contribution in [3.05, 3.63) is 52.2 Å². The summed E-state index contributed by atoms with van der Waals surface area (Å²) in [6.07, 6.45) is 0. The minimum absolute atomic E-state index is 0.00288. The summed E-state index contributed by atoms with van der Waals surface area (Å²) >= 11 is 0. The van der Waals surface area contributed by atoms with Crippen molar-refractivity contribution >= 4 is 16.9 Å². The molecule has 0 saturated heterocycles. The highest BCUT2D eigenvalue weighted by Gasteiger charge is 2.20. The normalized spacial score (nSPS) is 12.5. The van der Waals surface area contributed by atoms with Crippen LogP contribution >= 0.6 is 0 Å². The van der Waals surface area contributed by atoms with Gasteiger partial charge in [0.15, 0.2) is 17.3 Å². The second-order valence-corrected chi connectivity index (χ2v) is 5.19. The van der Waals surface area contributed by atoms with Crippen LogP contribution in [0.4, 0.5) is 0 Å². The quantitative estimate of drug-likeness (QED) is 0.745. The van der Waals surface area contributed by atoms with E-state index < -0.39 is 17.1 Å². The Hall–Kier alpha value is -3.48. The van der Waals surface area contributed by atoms with Crippen molar-refractivity contribution in [2.75, 3.05) is 6.79 Å². The number of ether oxygens (including phenoxy) is 2. The van der Waals surface area contributed by atoms with Crippen molar-refractivity contribution in [2.45, 2.75) is 0 Å². The molecule has 0 aliphatic carbocycles. The van der Waals surface area contributed by atoms with E-state index in [9.17, 15) is 14.7 Å². The molecule has 3 aromatic rings. The monoisotopic (exact) mass is 326 g/mol. The van der Waals surface area contributed by atoms with Crippen LogP contribution in [0.5, 0.6) is 17.2 Å². The second kappa shape index (κ2) is 5.02. The van der Waals surface area contributed by atoms with Gasteiger partial charge in [-0.15, -0.1) is 0 Å². The second-order valence-electron chi connectivity index (χ2n) is 5.19. The summed E-state index contributed by atoms with van der Waals surface area (Å²) in [4.78, 5) is 23.4. The molecule has 0 unspecified atom stereocenters. The van der Waals surface area contributed by atoms with E-state index in [4.69, 9.17) is 19.0 Å². The van der Waals surface area contributed by atoms with Gasteiger partial charge < -0.3 is 24.1 Å². The van der Waals surface area contributed by atoms with Gasteiger partial charge in [0, 0.05) is 5.56 Å². The molecule has 7 heteroatoms. The average Bonchev–Trinajstić information content (AvgIpc) is 3.05. The van der Waals surface area contributed by atoms with Crippen LogP contribution < -0.4 is 14.9 Å². The molecule has 0 atom stereocenters. The lowest BCUT2D eigenvalue weighted by Gasteiger charge is -2.07. The van der Waals surface area contributed by atoms with E-state index >= 15 is 0 Å². The number of hydrogen-bond donors (Lipinski definition) is 2. The van der Waals surface area contributed by atoms with Crippen LogP contribution in [0, 0.1) is 0 Å². The average molecular weight is 326 g/mol. The molecular weight excluding hydrogens is 316 g/mol. The first-order valence-corrected chi connectivity index (χ1v) is 6.98. The molecule has 0 saturated carbocycles. The zero-order chi connectivity index (χ0) is 16.8. The van der Waals surface area contributed by atoms with Gasteiger partial charge in [0.1, 0.15) is 5.58 Å². The van der Waals surface area contributed by atoms with Crippen LogP contribution in [0.25, 0.3) is 22.3 Å². The van der Waals surface area contributed by atoms with Crippen molar-refractivity contribution < 1.29 is 28.9 Å². The summed E-state index contributed by atoms with van der Waals surface area (Å²) in [6.45, 7) is 0.102. The molecule has 0 bridgehead atoms. The number of carbonyl (C=O) groups is 1. The van der Waals surface area contributed by atoms with E-state index in [2.05, 4.69) is 0 Å². The van der Waals surface area contributed by atoms with Crippen LogP contribution in [0.2, 0.25) is 0 Å². The van der Waals surface area contributed by atoms with E-state index in [1.54, 1.807) is 18.2 Å². The van der Waals surface area contributed by atoms with Crippen LogP contribution in [0.3, 0.4) is 0 Å². The Labute approximate surface area is 134 Å². The van der Waals surface area contributed by atoms with E-state index in [0.717, 1.165) is 0 Å². The number of rotatable bonds is 2. The topological polar surface area (TPSA) is 106 Å². The third-order valence-corrected chi connectivity index (χ3v) is 3.75. The number of carboxylic acids is 1. The van der Waals surface area contributed by atoms with Crippen molar-refractivity contribution in [3.63, 3.8) is 0 Å². The molecule has 0 spiro atoms. The molecule has 1 aliphatic heterocycles. The molecule has 1 aromatic heterocycles. The molecular formula is C17H10O7. The largest absolute Gasteiger partial charge is 0.502 e. The van der Waals surface area contributed by atoms with Crippen molar-refractivity contribution in [1.29, 1.82) is 0 Å². The first-order chi connectivity index (χ1) is 11.5. The van der Waals surface area contributed by atoms with Crippen LogP contribution in [-0.2, 0) is 0 Å². The summed E-state index contributed by atoms with van der Waals surface area (Å²) in [7, 11) is 0. The summed E-state index contributed by atoms with van der Waals surface area (Å²) in [6, 6.07) is 8.76. The highest BCUT2D eigenvalue weighted by molar-refractivity contribution is 5.93. The molecule has 7 nitrogen and oxygen atoms in total. The fourth-order valence-corrected chi connectivity index (χ4v) is 2.55. The first-order valence-electron chi connectivity index (χ1n) is 6.98. The van der Waals surface area contributed by atoms with Gasteiger partial charge in [-0.3, -0.25) is 4.79 Å². The predicted octanol–water partition coefficient (Wildman–Crippen LogP) is 2.59. The molecule has 0 fully saturated rings. The maximum Gasteiger partial charge on any atom is 0.335 e. The van der Waals surface area contributed by atoms with Gasteiger partial charge in [0.25, 0.3) is 0 Å². The van der Waals surface area contributed by atoms with Crippen LogP contribution in [-0.4, -0.2) is 23.0 Å². The molecule has 2 heterocycles. The highest BCUT2D eigenvalue weighted by atomic mass is 16.7. The SMILES string of the molecule is O=C(O)c1ccc2oc(-c3ccc4c(c3)OCO4)c(O)c(=O)c2c1. The van der Waals surface area contributed by atoms with Crippen molar-refractivity contribution in [3.8, 4) is 28.6 Å². The fourth-order valence-electron chi connectivity index (χ4n) is 2.55. The van der Waals surface area contributed by atoms with E-state index in [1.165, 1.54) is 18.2 Å². The summed E-state index contributed by atoms with van der Waals surface area (Å²) in [5.74, 6) is -0.739. The lowest BCUT2D eigenvalue weighted by atomic mass is 10.1. The van der Waals surface area contributed by atoms with Crippen molar-refractivity contribution in [2.24, 2.45) is 0 Å². The number of hydrogen-bond acceptors (Lipinski definition) is 6. The summed E-state index contributed by atoms with van der Waals surface area (Å²) in [5.41, 5.74) is -0.148. The molecule has 4 rings (SSSR count). The Morgan fingerprint density at radius 3 is 2.62 bits per heavy atom. The smallest absolute Gasteiger partial charge is 0.335 e. The van der Waals surface area contributed by atoms with Crippen molar-refractivity contribution in [1.82, 2.24) is 0 Å². The van der Waals surface area contributed by atoms with Gasteiger partial charge in [-0.1, -0.05) is 0 Å². The molecule has 0 radical (unpaired) electrons. The molecule has 24 heavy (non-hydrogen) atoms. The minimum atomic E-state index is -1.17. The number of benzene rings is 2. The zero-order valence-corrected chi connectivity index (χ0v) is 12.1. The summed E-state index contributed by atoms with van der Waals surface area (Å²) in [5, 5.41) is 19.2. The van der Waals surface area contributed by atoms with E-state index in [-0.39, 0.29) is 29.1 Å². The Morgan fingerprint density at radius 1 is 1.04 bits per heavy atom. The molecule has 120 valence electrons. The minimum Gasteiger partial charge on any atom is -0.502 e. The Bertz CT molecular complexity index is 1050. The maximum atomic E-state index is 12.4. The van der Waals surface area contributed by atoms with E-state index in [0.29, 0.717) is 17.1 Å². The standard InChI is InChI=1S/C17H10O7/c18-14-10-5-9(17(20)21)2-3-11(10)24-16(15(14)19)8-1-4-12-13(6-8)23-7-22-12/h1-6,19H,7H2,(H,20,21). The number of carboxylic acid groups (broad SMARTS) is 1. The molecule has 2 aromatic carbocycles. The van der Waals surface area contributed by atoms with Gasteiger partial charge in [0.05, 0.1) is 10.9 Å². The lowest BCUT2D eigenvalue weighted by molar-refractivity contribution is 0.0697. The maximum absolute atomic E-state index is 12.4. The number of fused-ring (bicyclic) bond motifs is 2. The third-order valence-electron chi connectivity index (χ3n) is 3.75. The zero-order valence-electron chi connectivity index (χ0n) is 12.1.